The van der Waals surface area contributed by atoms with Crippen LogP contribution in [-0.4, -0.2) is 29.2 Å². The van der Waals surface area contributed by atoms with Crippen molar-refractivity contribution in [3.8, 4) is 11.1 Å². The van der Waals surface area contributed by atoms with E-state index in [-0.39, 0.29) is 0 Å². The zero-order valence-electron chi connectivity index (χ0n) is 9.97. The molecule has 5 nitrogen and oxygen atoms in total. The van der Waals surface area contributed by atoms with Crippen molar-refractivity contribution in [3.63, 3.8) is 0 Å². The van der Waals surface area contributed by atoms with Crippen molar-refractivity contribution in [3.05, 3.63) is 53.4 Å². The minimum Gasteiger partial charge on any atom is -0.425 e. The summed E-state index contributed by atoms with van der Waals surface area (Å²) in [5.74, 6) is 0. The predicted octanol–water partition coefficient (Wildman–Crippen LogP) is -0.513. The number of hydrogen-bond donors (Lipinski definition) is 3. The van der Waals surface area contributed by atoms with Crippen LogP contribution >= 0.6 is 0 Å². The second-order valence-corrected chi connectivity index (χ2v) is 4.10. The van der Waals surface area contributed by atoms with Gasteiger partial charge in [0.15, 0.2) is 0 Å². The van der Waals surface area contributed by atoms with Crippen LogP contribution in [0.2, 0.25) is 0 Å². The maximum atomic E-state index is 10.2. The van der Waals surface area contributed by atoms with E-state index < -0.39 is 14.2 Å². The molecule has 2 aromatic carbocycles. The maximum Gasteiger partial charge on any atom is 0.517 e. The summed E-state index contributed by atoms with van der Waals surface area (Å²) in [6.07, 6.45) is 0. The molecule has 7 heteroatoms. The van der Waals surface area contributed by atoms with Crippen molar-refractivity contribution in [2.45, 2.75) is 0 Å². The van der Waals surface area contributed by atoms with Crippen LogP contribution in [0.4, 0.5) is 0 Å². The Morgan fingerprint density at radius 3 is 1.53 bits per heavy atom. The second kappa shape index (κ2) is 5.79. The first-order chi connectivity index (χ1) is 9.11. The van der Waals surface area contributed by atoms with Crippen LogP contribution in [-0.2, 0) is 0 Å². The third-order valence-electron chi connectivity index (χ3n) is 2.85. The molecule has 2 aromatic rings. The quantitative estimate of drug-likeness (QED) is 0.506. The first-order valence-corrected chi connectivity index (χ1v) is 5.69. The van der Waals surface area contributed by atoms with Crippen molar-refractivity contribution in [2.75, 3.05) is 0 Å². The lowest BCUT2D eigenvalue weighted by molar-refractivity contribution is 0.426. The largest absolute Gasteiger partial charge is 0.517 e. The van der Waals surface area contributed by atoms with Crippen LogP contribution in [0.1, 0.15) is 0 Å². The molecule has 3 N–H and O–H groups in total. The molecule has 0 bridgehead atoms. The minimum atomic E-state index is -1.48. The molecule has 0 saturated carbocycles. The SMILES string of the molecule is O=NB(O)c1ccc(-c2ccc(B(O)O)cc2)cc1. The highest BCUT2D eigenvalue weighted by atomic mass is 16.4. The molecule has 0 amide bonds. The smallest absolute Gasteiger partial charge is 0.425 e. The summed E-state index contributed by atoms with van der Waals surface area (Å²) in [5, 5.41) is 29.8. The Kier molecular flexibility index (Phi) is 4.11. The number of hydrogen-bond acceptors (Lipinski definition) is 5. The zero-order chi connectivity index (χ0) is 13.8. The Labute approximate surface area is 110 Å². The lowest BCUT2D eigenvalue weighted by Crippen LogP contribution is -2.29. The molecule has 0 heterocycles. The Bertz CT molecular complexity index is 557. The van der Waals surface area contributed by atoms with E-state index in [9.17, 15) is 9.93 Å². The van der Waals surface area contributed by atoms with Gasteiger partial charge in [-0.2, -0.15) is 4.91 Å². The van der Waals surface area contributed by atoms with Crippen molar-refractivity contribution < 1.29 is 15.1 Å². The summed E-state index contributed by atoms with van der Waals surface area (Å²) in [6, 6.07) is 13.5. The first kappa shape index (κ1) is 13.5. The van der Waals surface area contributed by atoms with Gasteiger partial charge in [-0.15, -0.1) is 0 Å². The molecule has 94 valence electrons. The third kappa shape index (κ3) is 3.08. The van der Waals surface area contributed by atoms with E-state index in [0.717, 1.165) is 11.1 Å². The molecule has 19 heavy (non-hydrogen) atoms. The van der Waals surface area contributed by atoms with Gasteiger partial charge in [0.2, 0.25) is 0 Å². The molecule has 0 saturated heterocycles. The standard InChI is InChI=1S/C12H11B2NO4/c16-13(15-19)11-5-1-9(2-6-11)10-3-7-12(8-4-10)14(17)18/h1-8,16-18H. The highest BCUT2D eigenvalue weighted by Gasteiger charge is 2.15. The fraction of sp³-hybridized carbons (Fsp3) is 0. The molecule has 0 aliphatic carbocycles. The predicted molar refractivity (Wildman–Crippen MR) is 75.1 cm³/mol. The van der Waals surface area contributed by atoms with E-state index in [2.05, 4.69) is 5.09 Å². The van der Waals surface area contributed by atoms with Gasteiger partial charge in [0.1, 0.15) is 0 Å². The van der Waals surface area contributed by atoms with E-state index in [1.54, 1.807) is 48.5 Å². The van der Waals surface area contributed by atoms with Gasteiger partial charge in [0, 0.05) is 0 Å². The maximum absolute atomic E-state index is 10.2. The normalized spacial score (nSPS) is 10.1. The van der Waals surface area contributed by atoms with Crippen molar-refractivity contribution in [1.29, 1.82) is 0 Å². The van der Waals surface area contributed by atoms with Crippen LogP contribution in [0.15, 0.2) is 53.6 Å². The van der Waals surface area contributed by atoms with E-state index >= 15 is 0 Å². The Balaban J connectivity index is 2.24. The van der Waals surface area contributed by atoms with Gasteiger partial charge in [-0.1, -0.05) is 53.6 Å². The lowest BCUT2D eigenvalue weighted by atomic mass is 9.75. The van der Waals surface area contributed by atoms with E-state index in [0.29, 0.717) is 10.9 Å². The van der Waals surface area contributed by atoms with Gasteiger partial charge in [-0.05, 0) is 22.1 Å². The van der Waals surface area contributed by atoms with Crippen LogP contribution in [0.3, 0.4) is 0 Å². The highest BCUT2D eigenvalue weighted by Crippen LogP contribution is 2.16. The van der Waals surface area contributed by atoms with Gasteiger partial charge in [0.05, 0.1) is 0 Å². The van der Waals surface area contributed by atoms with Crippen LogP contribution in [0.5, 0.6) is 0 Å². The van der Waals surface area contributed by atoms with Crippen LogP contribution in [0, 0.1) is 4.91 Å². The van der Waals surface area contributed by atoms with Crippen LogP contribution < -0.4 is 10.9 Å². The average molecular weight is 255 g/mol. The molecule has 2 rings (SSSR count). The molecular weight excluding hydrogens is 244 g/mol. The Morgan fingerprint density at radius 2 is 1.16 bits per heavy atom. The topological polar surface area (TPSA) is 90.1 Å². The molecule has 0 aliphatic heterocycles. The van der Waals surface area contributed by atoms with E-state index in [4.69, 9.17) is 10.0 Å². The van der Waals surface area contributed by atoms with Gasteiger partial charge >= 0.3 is 14.2 Å². The van der Waals surface area contributed by atoms with E-state index in [1.807, 2.05) is 0 Å². The number of nitroso groups, excluding NO2 is 1. The van der Waals surface area contributed by atoms with Gasteiger partial charge in [-0.3, -0.25) is 0 Å². The molecular formula is C12H11B2NO4. The first-order valence-electron chi connectivity index (χ1n) is 5.69. The molecule has 0 atom stereocenters. The monoisotopic (exact) mass is 255 g/mol. The minimum absolute atomic E-state index is 0.418. The third-order valence-corrected chi connectivity index (χ3v) is 2.85. The van der Waals surface area contributed by atoms with Crippen molar-refractivity contribution in [1.82, 2.24) is 0 Å². The van der Waals surface area contributed by atoms with Crippen molar-refractivity contribution >= 4 is 25.1 Å². The summed E-state index contributed by atoms with van der Waals surface area (Å²) in [5.41, 5.74) is 2.63. The summed E-state index contributed by atoms with van der Waals surface area (Å²) in [7, 11) is -2.83. The molecule has 0 aliphatic rings. The molecule has 0 spiro atoms. The zero-order valence-corrected chi connectivity index (χ0v) is 9.97. The summed E-state index contributed by atoms with van der Waals surface area (Å²) in [6.45, 7) is 0. The second-order valence-electron chi connectivity index (χ2n) is 4.10. The lowest BCUT2D eigenvalue weighted by Gasteiger charge is -2.05. The Morgan fingerprint density at radius 1 is 0.737 bits per heavy atom. The van der Waals surface area contributed by atoms with Gasteiger partial charge in [-0.25, -0.2) is 0 Å². The fourth-order valence-corrected chi connectivity index (χ4v) is 1.76. The molecule has 0 unspecified atom stereocenters. The molecule has 0 radical (unpaired) electrons. The Hall–Kier alpha value is -1.95. The summed E-state index contributed by atoms with van der Waals surface area (Å²) >= 11 is 0. The van der Waals surface area contributed by atoms with Crippen LogP contribution in [0.25, 0.3) is 11.1 Å². The fourth-order valence-electron chi connectivity index (χ4n) is 1.76. The van der Waals surface area contributed by atoms with E-state index in [1.165, 1.54) is 0 Å². The number of nitrogens with zero attached hydrogens (tertiary/aromatic N) is 1. The summed E-state index contributed by atoms with van der Waals surface area (Å²) in [4.78, 5) is 10.2. The highest BCUT2D eigenvalue weighted by molar-refractivity contribution is 6.64. The molecule has 0 aromatic heterocycles. The number of benzene rings is 2. The average Bonchev–Trinajstić information content (AvgIpc) is 2.46. The summed E-state index contributed by atoms with van der Waals surface area (Å²) < 4.78 is 0. The molecule has 0 fully saturated rings. The van der Waals surface area contributed by atoms with Crippen molar-refractivity contribution in [2.24, 2.45) is 5.09 Å². The van der Waals surface area contributed by atoms with Gasteiger partial charge < -0.3 is 15.1 Å². The van der Waals surface area contributed by atoms with Gasteiger partial charge in [0.25, 0.3) is 0 Å². The number of rotatable bonds is 4.